The number of nitrogen functional groups attached to an aromatic ring is 1. The average molecular weight is 306 g/mol. The number of esters is 1. The maximum Gasteiger partial charge on any atom is 0.343 e. The third kappa shape index (κ3) is 2.57. The van der Waals surface area contributed by atoms with Crippen LogP contribution >= 0.6 is 22.6 Å². The first-order chi connectivity index (χ1) is 6.52. The molecule has 1 aromatic rings. The molecule has 0 saturated carbocycles. The van der Waals surface area contributed by atoms with E-state index in [0.29, 0.717) is 15.0 Å². The van der Waals surface area contributed by atoms with Crippen LogP contribution in [-0.4, -0.2) is 17.1 Å². The Morgan fingerprint density at radius 3 is 2.79 bits per heavy atom. The van der Waals surface area contributed by atoms with Crippen molar-refractivity contribution < 1.29 is 9.53 Å². The number of rotatable bonds is 2. The van der Waals surface area contributed by atoms with Crippen molar-refractivity contribution in [3.8, 4) is 0 Å². The number of pyridine rings is 1. The first-order valence-corrected chi connectivity index (χ1v) is 5.21. The smallest absolute Gasteiger partial charge is 0.343 e. The molecule has 76 valence electrons. The molecule has 0 unspecified atom stereocenters. The Morgan fingerprint density at radius 2 is 2.29 bits per heavy atom. The van der Waals surface area contributed by atoms with Crippen molar-refractivity contribution in [1.82, 2.24) is 4.98 Å². The van der Waals surface area contributed by atoms with Crippen molar-refractivity contribution in [3.63, 3.8) is 0 Å². The monoisotopic (exact) mass is 306 g/mol. The normalized spacial score (nSPS) is 10.3. The zero-order chi connectivity index (χ0) is 10.7. The fourth-order valence-electron chi connectivity index (χ4n) is 0.925. The lowest BCUT2D eigenvalue weighted by Crippen LogP contribution is -2.15. The molecule has 0 aliphatic rings. The number of carbonyl (C=O) groups is 1. The second kappa shape index (κ2) is 4.59. The summed E-state index contributed by atoms with van der Waals surface area (Å²) in [5, 5.41) is 0. The van der Waals surface area contributed by atoms with Crippen LogP contribution in [0.25, 0.3) is 0 Å². The van der Waals surface area contributed by atoms with E-state index in [1.807, 2.05) is 22.6 Å². The van der Waals surface area contributed by atoms with Gasteiger partial charge in [0.1, 0.15) is 9.26 Å². The van der Waals surface area contributed by atoms with Crippen LogP contribution < -0.4 is 5.73 Å². The molecule has 0 spiro atoms. The highest BCUT2D eigenvalue weighted by molar-refractivity contribution is 14.1. The number of halogens is 1. The third-order valence-electron chi connectivity index (χ3n) is 1.48. The van der Waals surface area contributed by atoms with E-state index < -0.39 is 5.97 Å². The summed E-state index contributed by atoms with van der Waals surface area (Å²) in [7, 11) is 0. The maximum absolute atomic E-state index is 11.5. The Bertz CT molecular complexity index is 332. The summed E-state index contributed by atoms with van der Waals surface area (Å²) in [6, 6.07) is 1.58. The van der Waals surface area contributed by atoms with Gasteiger partial charge >= 0.3 is 5.97 Å². The van der Waals surface area contributed by atoms with Crippen molar-refractivity contribution in [2.75, 3.05) is 5.73 Å². The van der Waals surface area contributed by atoms with Gasteiger partial charge in [0.25, 0.3) is 0 Å². The standard InChI is InChI=1S/C9H11IN2O2/c1-5(2)14-9(13)7-6(11)3-4-12-8(7)10/h3-5H,1-2H3,(H2,11,12). The number of ether oxygens (including phenoxy) is 1. The van der Waals surface area contributed by atoms with E-state index in [-0.39, 0.29) is 6.10 Å². The molecule has 0 fully saturated rings. The lowest BCUT2D eigenvalue weighted by Gasteiger charge is -2.10. The zero-order valence-corrected chi connectivity index (χ0v) is 10.1. The van der Waals surface area contributed by atoms with Gasteiger partial charge in [-0.2, -0.15) is 0 Å². The highest BCUT2D eigenvalue weighted by Gasteiger charge is 2.16. The predicted molar refractivity (Wildman–Crippen MR) is 61.9 cm³/mol. The summed E-state index contributed by atoms with van der Waals surface area (Å²) in [5.74, 6) is -0.421. The number of anilines is 1. The van der Waals surface area contributed by atoms with Gasteiger partial charge in [0.05, 0.1) is 11.8 Å². The van der Waals surface area contributed by atoms with Gasteiger partial charge in [0.15, 0.2) is 0 Å². The molecule has 2 N–H and O–H groups in total. The Balaban J connectivity index is 3.00. The highest BCUT2D eigenvalue weighted by atomic mass is 127. The Labute approximate surface area is 96.0 Å². The van der Waals surface area contributed by atoms with Gasteiger partial charge in [-0.3, -0.25) is 0 Å². The number of carbonyl (C=O) groups excluding carboxylic acids is 1. The predicted octanol–water partition coefficient (Wildman–Crippen LogP) is 1.83. The van der Waals surface area contributed by atoms with Crippen molar-refractivity contribution in [1.29, 1.82) is 0 Å². The summed E-state index contributed by atoms with van der Waals surface area (Å²) in [4.78, 5) is 15.5. The minimum absolute atomic E-state index is 0.155. The minimum atomic E-state index is -0.421. The van der Waals surface area contributed by atoms with Crippen molar-refractivity contribution >= 4 is 34.2 Å². The summed E-state index contributed by atoms with van der Waals surface area (Å²) < 4.78 is 5.60. The number of aromatic nitrogens is 1. The van der Waals surface area contributed by atoms with Crippen LogP contribution in [0, 0.1) is 3.70 Å². The summed E-state index contributed by atoms with van der Waals surface area (Å²) in [5.41, 5.74) is 6.40. The van der Waals surface area contributed by atoms with E-state index in [2.05, 4.69) is 4.98 Å². The van der Waals surface area contributed by atoms with Gasteiger partial charge in [0, 0.05) is 6.20 Å². The van der Waals surface area contributed by atoms with Crippen LogP contribution in [0.3, 0.4) is 0 Å². The summed E-state index contributed by atoms with van der Waals surface area (Å²) in [6.07, 6.45) is 1.40. The lowest BCUT2D eigenvalue weighted by atomic mass is 10.2. The van der Waals surface area contributed by atoms with Gasteiger partial charge in [-0.25, -0.2) is 9.78 Å². The number of hydrogen-bond donors (Lipinski definition) is 1. The van der Waals surface area contributed by atoms with Gasteiger partial charge in [0.2, 0.25) is 0 Å². The molecule has 0 radical (unpaired) electrons. The quantitative estimate of drug-likeness (QED) is 0.514. The molecular weight excluding hydrogens is 295 g/mol. The molecular formula is C9H11IN2O2. The van der Waals surface area contributed by atoms with E-state index >= 15 is 0 Å². The molecule has 0 atom stereocenters. The molecule has 0 aromatic carbocycles. The lowest BCUT2D eigenvalue weighted by molar-refractivity contribution is 0.0377. The van der Waals surface area contributed by atoms with E-state index in [1.54, 1.807) is 26.1 Å². The number of nitrogens with two attached hydrogens (primary N) is 1. The first kappa shape index (κ1) is 11.2. The van der Waals surface area contributed by atoms with E-state index in [4.69, 9.17) is 10.5 Å². The fourth-order valence-corrected chi connectivity index (χ4v) is 1.62. The average Bonchev–Trinajstić information content (AvgIpc) is 2.01. The summed E-state index contributed by atoms with van der Waals surface area (Å²) >= 11 is 1.96. The van der Waals surface area contributed by atoms with Gasteiger partial charge in [-0.05, 0) is 42.5 Å². The van der Waals surface area contributed by atoms with Crippen LogP contribution in [0.15, 0.2) is 12.3 Å². The first-order valence-electron chi connectivity index (χ1n) is 4.13. The van der Waals surface area contributed by atoms with E-state index in [9.17, 15) is 4.79 Å². The van der Waals surface area contributed by atoms with Crippen molar-refractivity contribution in [3.05, 3.63) is 21.5 Å². The van der Waals surface area contributed by atoms with Crippen LogP contribution in [0.2, 0.25) is 0 Å². The van der Waals surface area contributed by atoms with Gasteiger partial charge in [-0.15, -0.1) is 0 Å². The van der Waals surface area contributed by atoms with Crippen molar-refractivity contribution in [2.24, 2.45) is 0 Å². The second-order valence-electron chi connectivity index (χ2n) is 3.02. The molecule has 0 saturated heterocycles. The topological polar surface area (TPSA) is 65.2 Å². The number of hydrogen-bond acceptors (Lipinski definition) is 4. The second-order valence-corrected chi connectivity index (χ2v) is 4.04. The van der Waals surface area contributed by atoms with Crippen LogP contribution in [0.4, 0.5) is 5.69 Å². The van der Waals surface area contributed by atoms with Gasteiger partial charge < -0.3 is 10.5 Å². The fraction of sp³-hybridized carbons (Fsp3) is 0.333. The summed E-state index contributed by atoms with van der Waals surface area (Å²) in [6.45, 7) is 3.58. The Morgan fingerprint density at radius 1 is 1.64 bits per heavy atom. The molecule has 0 bridgehead atoms. The van der Waals surface area contributed by atoms with Crippen molar-refractivity contribution in [2.45, 2.75) is 20.0 Å². The van der Waals surface area contributed by atoms with Gasteiger partial charge in [-0.1, -0.05) is 0 Å². The van der Waals surface area contributed by atoms with Crippen LogP contribution in [0.1, 0.15) is 24.2 Å². The molecule has 1 aromatic heterocycles. The molecule has 0 aliphatic carbocycles. The van der Waals surface area contributed by atoms with Crippen LogP contribution in [-0.2, 0) is 4.74 Å². The molecule has 5 heteroatoms. The minimum Gasteiger partial charge on any atom is -0.459 e. The zero-order valence-electron chi connectivity index (χ0n) is 7.95. The Hall–Kier alpha value is -0.850. The van der Waals surface area contributed by atoms with Crippen LogP contribution in [0.5, 0.6) is 0 Å². The highest BCUT2D eigenvalue weighted by Crippen LogP contribution is 2.18. The molecule has 1 heterocycles. The molecule has 0 amide bonds. The SMILES string of the molecule is CC(C)OC(=O)c1c(N)ccnc1I. The molecule has 1 rings (SSSR count). The third-order valence-corrected chi connectivity index (χ3v) is 2.30. The molecule has 14 heavy (non-hydrogen) atoms. The molecule has 4 nitrogen and oxygen atoms in total. The number of nitrogens with zero attached hydrogens (tertiary/aromatic N) is 1. The van der Waals surface area contributed by atoms with E-state index in [1.165, 1.54) is 0 Å². The van der Waals surface area contributed by atoms with E-state index in [0.717, 1.165) is 0 Å². The largest absolute Gasteiger partial charge is 0.459 e. The maximum atomic E-state index is 11.5. The Kier molecular flexibility index (Phi) is 3.68. The molecule has 0 aliphatic heterocycles.